The highest BCUT2D eigenvalue weighted by atomic mass is 32.2. The summed E-state index contributed by atoms with van der Waals surface area (Å²) in [7, 11) is -1.30. The maximum Gasteiger partial charge on any atom is 0.240 e. The zero-order valence-electron chi connectivity index (χ0n) is 13.8. The topological polar surface area (TPSA) is 49.4 Å². The second kappa shape index (κ2) is 7.92. The average Bonchev–Trinajstić information content (AvgIpc) is 2.37. The van der Waals surface area contributed by atoms with Crippen LogP contribution in [0.1, 0.15) is 37.8 Å². The van der Waals surface area contributed by atoms with Crippen LogP contribution in [0.15, 0.2) is 23.1 Å². The largest absolute Gasteiger partial charge is 0.304 e. The highest BCUT2D eigenvalue weighted by Gasteiger charge is 2.15. The number of rotatable bonds is 8. The van der Waals surface area contributed by atoms with Crippen molar-refractivity contribution in [1.29, 1.82) is 0 Å². The van der Waals surface area contributed by atoms with Gasteiger partial charge in [-0.05, 0) is 65.8 Å². The number of hydrogen-bond acceptors (Lipinski definition) is 3. The molecule has 0 spiro atoms. The molecule has 21 heavy (non-hydrogen) atoms. The predicted molar refractivity (Wildman–Crippen MR) is 88.1 cm³/mol. The molecular weight excluding hydrogens is 284 g/mol. The molecule has 0 heterocycles. The van der Waals surface area contributed by atoms with Crippen molar-refractivity contribution in [2.45, 2.75) is 51.5 Å². The van der Waals surface area contributed by atoms with Crippen LogP contribution in [0.3, 0.4) is 0 Å². The van der Waals surface area contributed by atoms with Crippen LogP contribution in [0.2, 0.25) is 0 Å². The molecule has 0 aromatic heterocycles. The van der Waals surface area contributed by atoms with Crippen LogP contribution in [0.4, 0.5) is 0 Å². The molecule has 1 rings (SSSR count). The number of aryl methyl sites for hydroxylation is 2. The summed E-state index contributed by atoms with van der Waals surface area (Å²) in [6.07, 6.45) is 1.84. The van der Waals surface area contributed by atoms with Crippen LogP contribution >= 0.6 is 0 Å². The van der Waals surface area contributed by atoms with Gasteiger partial charge in [0.2, 0.25) is 10.0 Å². The van der Waals surface area contributed by atoms with Gasteiger partial charge in [-0.3, -0.25) is 0 Å². The minimum absolute atomic E-state index is 0.382. The van der Waals surface area contributed by atoms with E-state index < -0.39 is 10.0 Å². The Kier molecular flexibility index (Phi) is 6.84. The third kappa shape index (κ3) is 5.77. The summed E-state index contributed by atoms with van der Waals surface area (Å²) in [5.74, 6) is 0. The van der Waals surface area contributed by atoms with Crippen LogP contribution in [0, 0.1) is 13.8 Å². The van der Waals surface area contributed by atoms with E-state index in [0.29, 0.717) is 17.5 Å². The average molecular weight is 312 g/mol. The summed E-state index contributed by atoms with van der Waals surface area (Å²) in [4.78, 5) is 2.64. The summed E-state index contributed by atoms with van der Waals surface area (Å²) < 4.78 is 27.2. The summed E-state index contributed by atoms with van der Waals surface area (Å²) >= 11 is 0. The first-order valence-electron chi connectivity index (χ1n) is 7.51. The van der Waals surface area contributed by atoms with Gasteiger partial charge < -0.3 is 4.90 Å². The first-order chi connectivity index (χ1) is 9.74. The number of nitrogens with zero attached hydrogens (tertiary/aromatic N) is 1. The second-order valence-electron chi connectivity index (χ2n) is 5.95. The zero-order valence-corrected chi connectivity index (χ0v) is 14.6. The lowest BCUT2D eigenvalue weighted by Crippen LogP contribution is -2.29. The highest BCUT2D eigenvalue weighted by Crippen LogP contribution is 2.16. The van der Waals surface area contributed by atoms with Gasteiger partial charge >= 0.3 is 0 Å². The molecule has 0 aliphatic heterocycles. The van der Waals surface area contributed by atoms with Gasteiger partial charge in [-0.15, -0.1) is 0 Å². The van der Waals surface area contributed by atoms with Crippen molar-refractivity contribution in [1.82, 2.24) is 9.62 Å². The molecule has 0 bridgehead atoms. The number of nitrogens with one attached hydrogen (secondary N) is 1. The van der Waals surface area contributed by atoms with Crippen molar-refractivity contribution >= 4 is 10.0 Å². The van der Waals surface area contributed by atoms with Crippen molar-refractivity contribution in [2.24, 2.45) is 0 Å². The minimum Gasteiger partial charge on any atom is -0.304 e. The molecule has 1 aromatic carbocycles. The van der Waals surface area contributed by atoms with Crippen molar-refractivity contribution in [3.63, 3.8) is 0 Å². The van der Waals surface area contributed by atoms with Gasteiger partial charge in [-0.2, -0.15) is 0 Å². The van der Waals surface area contributed by atoms with Gasteiger partial charge in [0.05, 0.1) is 4.90 Å². The van der Waals surface area contributed by atoms with Crippen LogP contribution in [0.25, 0.3) is 0 Å². The fourth-order valence-electron chi connectivity index (χ4n) is 2.13. The van der Waals surface area contributed by atoms with Crippen molar-refractivity contribution in [3.8, 4) is 0 Å². The van der Waals surface area contributed by atoms with E-state index in [4.69, 9.17) is 0 Å². The Morgan fingerprint density at radius 1 is 1.19 bits per heavy atom. The molecule has 0 aliphatic rings. The molecule has 0 saturated carbocycles. The molecule has 0 radical (unpaired) electrons. The van der Waals surface area contributed by atoms with E-state index in [-0.39, 0.29) is 0 Å². The van der Waals surface area contributed by atoms with Gasteiger partial charge in [-0.25, -0.2) is 13.1 Å². The van der Waals surface area contributed by atoms with Crippen LogP contribution in [-0.2, 0) is 10.0 Å². The van der Waals surface area contributed by atoms with Crippen LogP contribution in [-0.4, -0.2) is 39.5 Å². The van der Waals surface area contributed by atoms with E-state index >= 15 is 0 Å². The van der Waals surface area contributed by atoms with Gasteiger partial charge in [0.25, 0.3) is 0 Å². The molecule has 0 unspecified atom stereocenters. The van der Waals surface area contributed by atoms with Gasteiger partial charge in [-0.1, -0.05) is 17.7 Å². The first-order valence-corrected chi connectivity index (χ1v) is 8.99. The van der Waals surface area contributed by atoms with Gasteiger partial charge in [0.1, 0.15) is 0 Å². The van der Waals surface area contributed by atoms with E-state index in [9.17, 15) is 8.42 Å². The SMILES string of the molecule is Cc1ccc(S(=O)(=O)NCCCCN(C)C(C)C)c(C)c1. The van der Waals surface area contributed by atoms with E-state index in [0.717, 1.165) is 30.5 Å². The summed E-state index contributed by atoms with van der Waals surface area (Å²) in [6, 6.07) is 5.93. The first kappa shape index (κ1) is 18.1. The zero-order chi connectivity index (χ0) is 16.0. The lowest BCUT2D eigenvalue weighted by atomic mass is 10.2. The van der Waals surface area contributed by atoms with Gasteiger partial charge in [0.15, 0.2) is 0 Å². The monoisotopic (exact) mass is 312 g/mol. The Morgan fingerprint density at radius 3 is 2.43 bits per heavy atom. The number of sulfonamides is 1. The highest BCUT2D eigenvalue weighted by molar-refractivity contribution is 7.89. The molecule has 1 aromatic rings. The summed E-state index contributed by atoms with van der Waals surface area (Å²) in [5.41, 5.74) is 1.87. The molecule has 0 atom stereocenters. The molecular formula is C16H28N2O2S. The Balaban J connectivity index is 2.47. The fraction of sp³-hybridized carbons (Fsp3) is 0.625. The smallest absolute Gasteiger partial charge is 0.240 e. The number of unbranched alkanes of at least 4 members (excludes halogenated alkanes) is 1. The molecule has 4 nitrogen and oxygen atoms in total. The second-order valence-corrected chi connectivity index (χ2v) is 7.68. The molecule has 1 N–H and O–H groups in total. The summed E-state index contributed by atoms with van der Waals surface area (Å²) in [5, 5.41) is 0. The normalized spacial score (nSPS) is 12.3. The van der Waals surface area contributed by atoms with E-state index in [1.165, 1.54) is 0 Å². The van der Waals surface area contributed by atoms with E-state index in [2.05, 4.69) is 30.5 Å². The van der Waals surface area contributed by atoms with Crippen LogP contribution in [0.5, 0.6) is 0 Å². The Labute approximate surface area is 129 Å². The predicted octanol–water partition coefficient (Wildman–Crippen LogP) is 2.70. The Bertz CT molecular complexity index is 553. The lowest BCUT2D eigenvalue weighted by Gasteiger charge is -2.20. The van der Waals surface area contributed by atoms with Crippen molar-refractivity contribution in [2.75, 3.05) is 20.1 Å². The molecule has 120 valence electrons. The standard InChI is InChI=1S/C16H28N2O2S/c1-13(2)18(5)11-7-6-10-17-21(19,20)16-9-8-14(3)12-15(16)4/h8-9,12-13,17H,6-7,10-11H2,1-5H3. The number of hydrogen-bond donors (Lipinski definition) is 1. The molecule has 0 amide bonds. The quantitative estimate of drug-likeness (QED) is 0.751. The van der Waals surface area contributed by atoms with Gasteiger partial charge in [0, 0.05) is 12.6 Å². The summed E-state index contributed by atoms with van der Waals surface area (Å²) in [6.45, 7) is 9.58. The lowest BCUT2D eigenvalue weighted by molar-refractivity contribution is 0.268. The van der Waals surface area contributed by atoms with E-state index in [1.807, 2.05) is 26.0 Å². The molecule has 0 fully saturated rings. The van der Waals surface area contributed by atoms with Crippen molar-refractivity contribution in [3.05, 3.63) is 29.3 Å². The maximum atomic E-state index is 12.2. The maximum absolute atomic E-state index is 12.2. The number of benzene rings is 1. The minimum atomic E-state index is -3.39. The third-order valence-electron chi connectivity index (χ3n) is 3.73. The molecule has 0 aliphatic carbocycles. The Morgan fingerprint density at radius 2 is 1.86 bits per heavy atom. The molecule has 5 heteroatoms. The molecule has 0 saturated heterocycles. The fourth-order valence-corrected chi connectivity index (χ4v) is 3.43. The van der Waals surface area contributed by atoms with Crippen molar-refractivity contribution < 1.29 is 8.42 Å². The Hall–Kier alpha value is -0.910. The third-order valence-corrected chi connectivity index (χ3v) is 5.35. The van der Waals surface area contributed by atoms with Crippen LogP contribution < -0.4 is 4.72 Å². The van der Waals surface area contributed by atoms with E-state index in [1.54, 1.807) is 6.07 Å².